The molecule has 0 aliphatic heterocycles. The van der Waals surface area contributed by atoms with Crippen LogP contribution in [0.15, 0.2) is 48.7 Å². The van der Waals surface area contributed by atoms with Gasteiger partial charge in [0, 0.05) is 5.56 Å². The van der Waals surface area contributed by atoms with Crippen molar-refractivity contribution in [2.75, 3.05) is 0 Å². The van der Waals surface area contributed by atoms with Gasteiger partial charge in [0.25, 0.3) is 0 Å². The molecule has 0 amide bonds. The molecule has 0 aliphatic carbocycles. The first kappa shape index (κ1) is 17.4. The van der Waals surface area contributed by atoms with E-state index in [1.54, 1.807) is 0 Å². The molecule has 0 fully saturated rings. The zero-order chi connectivity index (χ0) is 18.2. The van der Waals surface area contributed by atoms with Crippen LogP contribution in [0.5, 0.6) is 0 Å². The number of imidazole rings is 1. The zero-order valence-corrected chi connectivity index (χ0v) is 13.2. The lowest BCUT2D eigenvalue weighted by Crippen LogP contribution is -2.04. The van der Waals surface area contributed by atoms with Crippen molar-refractivity contribution in [3.05, 3.63) is 76.5 Å². The molecule has 3 aromatic rings. The molecule has 1 unspecified atom stereocenters. The Morgan fingerprint density at radius 3 is 2.56 bits per heavy atom. The molecule has 0 spiro atoms. The monoisotopic (exact) mass is 370 g/mol. The number of aromatic nitrogens is 2. The van der Waals surface area contributed by atoms with Crippen molar-refractivity contribution in [3.8, 4) is 11.3 Å². The van der Waals surface area contributed by atoms with Crippen molar-refractivity contribution in [2.24, 2.45) is 0 Å². The molecule has 3 rings (SSSR count). The van der Waals surface area contributed by atoms with Gasteiger partial charge in [-0.3, -0.25) is 0 Å². The Kier molecular flexibility index (Phi) is 4.53. The number of H-pyrrole nitrogens is 1. The quantitative estimate of drug-likeness (QED) is 0.639. The average molecular weight is 371 g/mol. The number of aliphatic hydroxyl groups excluding tert-OH is 1. The number of rotatable bonds is 3. The molecule has 1 heterocycles. The third-order valence-corrected chi connectivity index (χ3v) is 3.92. The second-order valence-corrected chi connectivity index (χ2v) is 5.74. The molecule has 0 radical (unpaired) electrons. The summed E-state index contributed by atoms with van der Waals surface area (Å²) < 4.78 is 51.9. The largest absolute Gasteiger partial charge is 0.416 e. The van der Waals surface area contributed by atoms with Crippen LogP contribution in [0.3, 0.4) is 0 Å². The van der Waals surface area contributed by atoms with Gasteiger partial charge < -0.3 is 10.1 Å². The van der Waals surface area contributed by atoms with E-state index in [-0.39, 0.29) is 22.0 Å². The third-order valence-electron chi connectivity index (χ3n) is 3.61. The number of nitrogens with zero attached hydrogens (tertiary/aromatic N) is 1. The van der Waals surface area contributed by atoms with Gasteiger partial charge in [0.15, 0.2) is 0 Å². The SMILES string of the molecule is OC(c1ccc(Cl)c(F)c1)c1ncc(-c2cccc(C(F)(F)F)c2)[nH]1. The van der Waals surface area contributed by atoms with E-state index in [9.17, 15) is 22.7 Å². The van der Waals surface area contributed by atoms with Crippen LogP contribution in [0.4, 0.5) is 17.6 Å². The van der Waals surface area contributed by atoms with Crippen molar-refractivity contribution >= 4 is 11.6 Å². The van der Waals surface area contributed by atoms with E-state index in [2.05, 4.69) is 9.97 Å². The topological polar surface area (TPSA) is 48.9 Å². The predicted molar refractivity (Wildman–Crippen MR) is 84.5 cm³/mol. The van der Waals surface area contributed by atoms with E-state index in [1.165, 1.54) is 30.5 Å². The number of benzene rings is 2. The van der Waals surface area contributed by atoms with Gasteiger partial charge in [-0.25, -0.2) is 9.37 Å². The molecule has 0 saturated carbocycles. The van der Waals surface area contributed by atoms with E-state index >= 15 is 0 Å². The molecule has 1 atom stereocenters. The highest BCUT2D eigenvalue weighted by Gasteiger charge is 2.30. The number of aromatic amines is 1. The first-order valence-electron chi connectivity index (χ1n) is 7.11. The highest BCUT2D eigenvalue weighted by molar-refractivity contribution is 6.30. The Hall–Kier alpha value is -2.38. The van der Waals surface area contributed by atoms with E-state index in [0.717, 1.165) is 18.2 Å². The van der Waals surface area contributed by atoms with Crippen LogP contribution in [0.1, 0.15) is 23.1 Å². The summed E-state index contributed by atoms with van der Waals surface area (Å²) in [6.45, 7) is 0. The van der Waals surface area contributed by atoms with Gasteiger partial charge in [0.05, 0.1) is 22.5 Å². The summed E-state index contributed by atoms with van der Waals surface area (Å²) in [5, 5.41) is 10.2. The van der Waals surface area contributed by atoms with Gasteiger partial charge in [0.1, 0.15) is 17.7 Å². The van der Waals surface area contributed by atoms with Gasteiger partial charge >= 0.3 is 6.18 Å². The van der Waals surface area contributed by atoms with E-state index < -0.39 is 23.7 Å². The summed E-state index contributed by atoms with van der Waals surface area (Å²) in [7, 11) is 0. The molecule has 25 heavy (non-hydrogen) atoms. The predicted octanol–water partition coefficient (Wildman–Crippen LogP) is 4.97. The van der Waals surface area contributed by atoms with Crippen LogP contribution < -0.4 is 0 Å². The van der Waals surface area contributed by atoms with E-state index in [4.69, 9.17) is 11.6 Å². The summed E-state index contributed by atoms with van der Waals surface area (Å²) in [5.74, 6) is -0.614. The standard InChI is InChI=1S/C17H11ClF4N2O/c18-12-5-4-10(7-13(12)19)15(25)16-23-8-14(24-16)9-2-1-3-11(6-9)17(20,21)22/h1-8,15,25H,(H,23,24). The molecule has 0 saturated heterocycles. The Bertz CT molecular complexity index is 908. The highest BCUT2D eigenvalue weighted by Crippen LogP contribution is 2.32. The summed E-state index contributed by atoms with van der Waals surface area (Å²) in [6, 6.07) is 8.51. The normalized spacial score (nSPS) is 13.0. The number of halogens is 5. The fourth-order valence-electron chi connectivity index (χ4n) is 2.33. The Labute approximate surface area is 144 Å². The maximum Gasteiger partial charge on any atom is 0.416 e. The lowest BCUT2D eigenvalue weighted by molar-refractivity contribution is -0.137. The van der Waals surface area contributed by atoms with Crippen molar-refractivity contribution < 1.29 is 22.7 Å². The van der Waals surface area contributed by atoms with Crippen LogP contribution in [0, 0.1) is 5.82 Å². The number of nitrogens with one attached hydrogen (secondary N) is 1. The van der Waals surface area contributed by atoms with Crippen molar-refractivity contribution in [1.29, 1.82) is 0 Å². The van der Waals surface area contributed by atoms with Gasteiger partial charge in [-0.2, -0.15) is 13.2 Å². The lowest BCUT2D eigenvalue weighted by atomic mass is 10.1. The van der Waals surface area contributed by atoms with Gasteiger partial charge in [-0.1, -0.05) is 29.8 Å². The Morgan fingerprint density at radius 2 is 1.88 bits per heavy atom. The van der Waals surface area contributed by atoms with Crippen LogP contribution in [0.25, 0.3) is 11.3 Å². The lowest BCUT2D eigenvalue weighted by Gasteiger charge is -2.09. The summed E-state index contributed by atoms with van der Waals surface area (Å²) in [6.07, 6.45) is -4.43. The smallest absolute Gasteiger partial charge is 0.380 e. The molecule has 0 aliphatic rings. The van der Waals surface area contributed by atoms with Crippen LogP contribution in [0.2, 0.25) is 5.02 Å². The van der Waals surface area contributed by atoms with Gasteiger partial charge in [-0.05, 0) is 29.8 Å². The second-order valence-electron chi connectivity index (χ2n) is 5.34. The number of hydrogen-bond acceptors (Lipinski definition) is 2. The first-order valence-corrected chi connectivity index (χ1v) is 7.49. The van der Waals surface area contributed by atoms with Crippen LogP contribution in [-0.2, 0) is 6.18 Å². The average Bonchev–Trinajstić information content (AvgIpc) is 3.06. The molecule has 1 aromatic heterocycles. The fourth-order valence-corrected chi connectivity index (χ4v) is 2.44. The van der Waals surface area contributed by atoms with Crippen molar-refractivity contribution in [2.45, 2.75) is 12.3 Å². The van der Waals surface area contributed by atoms with Crippen molar-refractivity contribution in [1.82, 2.24) is 9.97 Å². The van der Waals surface area contributed by atoms with E-state index in [1.807, 2.05) is 0 Å². The zero-order valence-electron chi connectivity index (χ0n) is 12.5. The Balaban J connectivity index is 1.91. The number of hydrogen-bond donors (Lipinski definition) is 2. The van der Waals surface area contributed by atoms with E-state index in [0.29, 0.717) is 5.69 Å². The number of alkyl halides is 3. The molecular formula is C17H11ClF4N2O. The molecule has 130 valence electrons. The maximum atomic E-state index is 13.5. The molecule has 8 heteroatoms. The molecular weight excluding hydrogens is 360 g/mol. The fraction of sp³-hybridized carbons (Fsp3) is 0.118. The molecule has 3 nitrogen and oxygen atoms in total. The van der Waals surface area contributed by atoms with Crippen LogP contribution >= 0.6 is 11.6 Å². The molecule has 2 aromatic carbocycles. The minimum Gasteiger partial charge on any atom is -0.380 e. The minimum absolute atomic E-state index is 0.0779. The molecule has 0 bridgehead atoms. The third kappa shape index (κ3) is 3.67. The maximum absolute atomic E-state index is 13.5. The summed E-state index contributed by atoms with van der Waals surface area (Å²) in [4.78, 5) is 6.73. The van der Waals surface area contributed by atoms with Gasteiger partial charge in [0.2, 0.25) is 0 Å². The minimum atomic E-state index is -4.46. The number of aliphatic hydroxyl groups is 1. The van der Waals surface area contributed by atoms with Crippen molar-refractivity contribution in [3.63, 3.8) is 0 Å². The van der Waals surface area contributed by atoms with Crippen LogP contribution in [-0.4, -0.2) is 15.1 Å². The second kappa shape index (κ2) is 6.50. The summed E-state index contributed by atoms with van der Waals surface area (Å²) >= 11 is 5.60. The first-order chi connectivity index (χ1) is 11.8. The Morgan fingerprint density at radius 1 is 1.12 bits per heavy atom. The highest BCUT2D eigenvalue weighted by atomic mass is 35.5. The van der Waals surface area contributed by atoms with Gasteiger partial charge in [-0.15, -0.1) is 0 Å². The summed E-state index contributed by atoms with van der Waals surface area (Å²) in [5.41, 5.74) is -0.00837. The molecule has 2 N–H and O–H groups in total.